The number of nitrogens with zero attached hydrogens (tertiary/aromatic N) is 1. The summed E-state index contributed by atoms with van der Waals surface area (Å²) in [7, 11) is 0. The fraction of sp³-hybridized carbons (Fsp3) is 0.625. The molecule has 0 bridgehead atoms. The number of rotatable bonds is 0. The molecule has 0 heterocycles. The maximum absolute atomic E-state index is 13.2. The van der Waals surface area contributed by atoms with Crippen molar-refractivity contribution in [3.63, 3.8) is 0 Å². The number of carbonyl (C=O) groups is 2. The Morgan fingerprint density at radius 2 is 1.85 bits per heavy atom. The van der Waals surface area contributed by atoms with Crippen molar-refractivity contribution in [1.82, 2.24) is 0 Å². The van der Waals surface area contributed by atoms with E-state index < -0.39 is 5.41 Å². The summed E-state index contributed by atoms with van der Waals surface area (Å²) in [6.07, 6.45) is 14.7. The number of fused-ring (bicyclic) bond motifs is 6. The Morgan fingerprint density at radius 1 is 1.11 bits per heavy atom. The second-order valence-electron chi connectivity index (χ2n) is 9.89. The SMILES string of the molecule is CC12C=C(C#N)C(=O)C3(CC=CC3)C1=CCC1[C@@H]2CCC2(C)C(=O)CC[C@@H]12. The molecule has 5 atom stereocenters. The summed E-state index contributed by atoms with van der Waals surface area (Å²) in [6.45, 7) is 4.45. The molecule has 0 aromatic rings. The average Bonchev–Trinajstić information content (AvgIpc) is 3.25. The van der Waals surface area contributed by atoms with Crippen LogP contribution >= 0.6 is 0 Å². The monoisotopic (exact) mass is 361 g/mol. The molecule has 27 heavy (non-hydrogen) atoms. The summed E-state index contributed by atoms with van der Waals surface area (Å²) >= 11 is 0. The first-order valence-electron chi connectivity index (χ1n) is 10.4. The minimum atomic E-state index is -0.522. The van der Waals surface area contributed by atoms with Crippen molar-refractivity contribution < 1.29 is 9.59 Å². The summed E-state index contributed by atoms with van der Waals surface area (Å²) in [4.78, 5) is 25.8. The lowest BCUT2D eigenvalue weighted by Crippen LogP contribution is -2.53. The second-order valence-corrected chi connectivity index (χ2v) is 9.89. The lowest BCUT2D eigenvalue weighted by Gasteiger charge is -2.57. The van der Waals surface area contributed by atoms with Crippen molar-refractivity contribution in [2.45, 2.75) is 58.8 Å². The lowest BCUT2D eigenvalue weighted by molar-refractivity contribution is -0.131. The zero-order chi connectivity index (χ0) is 19.0. The Bertz CT molecular complexity index is 877. The van der Waals surface area contributed by atoms with E-state index in [0.29, 0.717) is 29.1 Å². The van der Waals surface area contributed by atoms with Gasteiger partial charge in [0.2, 0.25) is 0 Å². The average molecular weight is 361 g/mol. The van der Waals surface area contributed by atoms with Gasteiger partial charge in [0.05, 0.1) is 11.0 Å². The van der Waals surface area contributed by atoms with Gasteiger partial charge < -0.3 is 0 Å². The van der Waals surface area contributed by atoms with Crippen LogP contribution in [0.5, 0.6) is 0 Å². The predicted molar refractivity (Wildman–Crippen MR) is 102 cm³/mol. The largest absolute Gasteiger partial charge is 0.299 e. The highest BCUT2D eigenvalue weighted by Gasteiger charge is 2.62. The molecule has 2 fully saturated rings. The first kappa shape index (κ1) is 17.2. The molecule has 0 aliphatic heterocycles. The Morgan fingerprint density at radius 3 is 2.56 bits per heavy atom. The van der Waals surface area contributed by atoms with Crippen LogP contribution in [0.2, 0.25) is 0 Å². The quantitative estimate of drug-likeness (QED) is 0.587. The van der Waals surface area contributed by atoms with Crippen molar-refractivity contribution in [3.8, 4) is 6.07 Å². The van der Waals surface area contributed by atoms with Crippen molar-refractivity contribution in [1.29, 1.82) is 5.26 Å². The van der Waals surface area contributed by atoms with E-state index in [9.17, 15) is 14.9 Å². The number of hydrogen-bond donors (Lipinski definition) is 0. The summed E-state index contributed by atoms with van der Waals surface area (Å²) in [5.74, 6) is 1.84. The molecule has 3 unspecified atom stereocenters. The smallest absolute Gasteiger partial charge is 0.183 e. The molecular weight excluding hydrogens is 334 g/mol. The molecule has 0 aromatic carbocycles. The van der Waals surface area contributed by atoms with Gasteiger partial charge in [0.25, 0.3) is 0 Å². The van der Waals surface area contributed by atoms with E-state index >= 15 is 0 Å². The first-order valence-corrected chi connectivity index (χ1v) is 10.4. The van der Waals surface area contributed by atoms with Crippen molar-refractivity contribution in [2.24, 2.45) is 34.0 Å². The standard InChI is InChI=1S/C24H27NO2/c1-22-12-9-18-16(17(22)6-8-20(22)26)5-7-19-23(18,2)13-15(14-25)21(27)24(19)10-3-4-11-24/h3-4,7,13,16-18H,5-6,8-12H2,1-2H3/t16?,17-,18-,22?,23?/m0/s1. The fourth-order valence-electron chi connectivity index (χ4n) is 7.59. The number of carbonyl (C=O) groups excluding carboxylic acids is 2. The van der Waals surface area contributed by atoms with Crippen LogP contribution in [0.1, 0.15) is 58.8 Å². The van der Waals surface area contributed by atoms with Gasteiger partial charge in [-0.1, -0.05) is 38.2 Å². The van der Waals surface area contributed by atoms with Crippen LogP contribution in [-0.4, -0.2) is 11.6 Å². The van der Waals surface area contributed by atoms with Crippen molar-refractivity contribution in [3.05, 3.63) is 35.5 Å². The third-order valence-electron chi connectivity index (χ3n) is 8.95. The third-order valence-corrected chi connectivity index (χ3v) is 8.95. The van der Waals surface area contributed by atoms with E-state index in [0.717, 1.165) is 44.9 Å². The molecule has 3 heteroatoms. The summed E-state index contributed by atoms with van der Waals surface area (Å²) < 4.78 is 0. The Hall–Kier alpha value is -1.95. The van der Waals surface area contributed by atoms with Gasteiger partial charge in [-0.05, 0) is 61.9 Å². The van der Waals surface area contributed by atoms with Crippen LogP contribution in [0.25, 0.3) is 0 Å². The zero-order valence-electron chi connectivity index (χ0n) is 16.3. The molecule has 5 aliphatic carbocycles. The molecule has 2 saturated carbocycles. The highest BCUT2D eigenvalue weighted by molar-refractivity contribution is 6.07. The number of Topliss-reactive ketones (excluding diaryl/α,β-unsaturated/α-hetero) is 2. The summed E-state index contributed by atoms with van der Waals surface area (Å²) in [5, 5.41) is 9.71. The van der Waals surface area contributed by atoms with E-state index in [4.69, 9.17) is 0 Å². The minimum Gasteiger partial charge on any atom is -0.299 e. The second kappa shape index (κ2) is 5.31. The van der Waals surface area contributed by atoms with E-state index in [2.05, 4.69) is 38.1 Å². The molecule has 0 aromatic heterocycles. The number of hydrogen-bond acceptors (Lipinski definition) is 3. The summed E-state index contributed by atoms with van der Waals surface area (Å²) in [6, 6.07) is 2.22. The van der Waals surface area contributed by atoms with E-state index in [-0.39, 0.29) is 16.6 Å². The van der Waals surface area contributed by atoms with Crippen LogP contribution in [-0.2, 0) is 9.59 Å². The van der Waals surface area contributed by atoms with Crippen molar-refractivity contribution in [2.75, 3.05) is 0 Å². The van der Waals surface area contributed by atoms with Gasteiger partial charge in [0, 0.05) is 17.3 Å². The maximum Gasteiger partial charge on any atom is 0.183 e. The van der Waals surface area contributed by atoms with Crippen LogP contribution in [0, 0.1) is 45.3 Å². The number of ketones is 2. The van der Waals surface area contributed by atoms with Crippen LogP contribution < -0.4 is 0 Å². The number of allylic oxidation sites excluding steroid dienone is 6. The molecule has 5 rings (SSSR count). The molecular formula is C24H27NO2. The number of nitriles is 1. The molecule has 0 radical (unpaired) electrons. The van der Waals surface area contributed by atoms with Gasteiger partial charge in [-0.25, -0.2) is 0 Å². The van der Waals surface area contributed by atoms with Crippen LogP contribution in [0.3, 0.4) is 0 Å². The van der Waals surface area contributed by atoms with Crippen molar-refractivity contribution >= 4 is 11.6 Å². The zero-order valence-corrected chi connectivity index (χ0v) is 16.3. The Balaban J connectivity index is 1.65. The Kier molecular flexibility index (Phi) is 3.38. The molecule has 5 aliphatic rings. The van der Waals surface area contributed by atoms with E-state index in [1.165, 1.54) is 5.57 Å². The normalized spacial score (nSPS) is 44.3. The summed E-state index contributed by atoms with van der Waals surface area (Å²) in [5.41, 5.74) is 0.710. The molecule has 1 spiro atoms. The lowest BCUT2D eigenvalue weighted by atomic mass is 9.45. The maximum atomic E-state index is 13.2. The predicted octanol–water partition coefficient (Wildman–Crippen LogP) is 4.70. The van der Waals surface area contributed by atoms with Gasteiger partial charge >= 0.3 is 0 Å². The minimum absolute atomic E-state index is 0.0221. The van der Waals surface area contributed by atoms with Gasteiger partial charge in [0.15, 0.2) is 5.78 Å². The topological polar surface area (TPSA) is 57.9 Å². The molecule has 0 amide bonds. The fourth-order valence-corrected chi connectivity index (χ4v) is 7.59. The third kappa shape index (κ3) is 1.92. The van der Waals surface area contributed by atoms with Gasteiger partial charge in [0.1, 0.15) is 11.9 Å². The van der Waals surface area contributed by atoms with Crippen LogP contribution in [0.4, 0.5) is 0 Å². The van der Waals surface area contributed by atoms with Gasteiger partial charge in [-0.3, -0.25) is 9.59 Å². The Labute approximate surface area is 161 Å². The van der Waals surface area contributed by atoms with Gasteiger partial charge in [-0.2, -0.15) is 5.26 Å². The molecule has 140 valence electrons. The molecule has 0 saturated heterocycles. The highest BCUT2D eigenvalue weighted by atomic mass is 16.1. The van der Waals surface area contributed by atoms with E-state index in [1.54, 1.807) is 0 Å². The molecule has 0 N–H and O–H groups in total. The van der Waals surface area contributed by atoms with Crippen LogP contribution in [0.15, 0.2) is 35.5 Å². The van der Waals surface area contributed by atoms with E-state index in [1.807, 2.05) is 6.08 Å². The first-order chi connectivity index (χ1) is 12.9. The molecule has 3 nitrogen and oxygen atoms in total. The highest BCUT2D eigenvalue weighted by Crippen LogP contribution is 2.66. The van der Waals surface area contributed by atoms with Gasteiger partial charge in [-0.15, -0.1) is 0 Å².